The van der Waals surface area contributed by atoms with E-state index in [4.69, 9.17) is 5.73 Å². The van der Waals surface area contributed by atoms with E-state index in [0.717, 1.165) is 11.3 Å². The molecule has 0 bridgehead atoms. The summed E-state index contributed by atoms with van der Waals surface area (Å²) >= 11 is 0. The van der Waals surface area contributed by atoms with Gasteiger partial charge in [0.25, 0.3) is 5.91 Å². The highest BCUT2D eigenvalue weighted by Crippen LogP contribution is 2.26. The predicted molar refractivity (Wildman–Crippen MR) is 77.5 cm³/mol. The summed E-state index contributed by atoms with van der Waals surface area (Å²) in [5, 5.41) is 4.30. The number of para-hydroxylation sites is 1. The van der Waals surface area contributed by atoms with Crippen molar-refractivity contribution >= 4 is 5.91 Å². The quantitative estimate of drug-likeness (QED) is 0.789. The number of hydrogen-bond donors (Lipinski definition) is 1. The Balaban J connectivity index is 2.25. The van der Waals surface area contributed by atoms with E-state index in [-0.39, 0.29) is 0 Å². The monoisotopic (exact) mass is 263 g/mol. The minimum atomic E-state index is -0.481. The predicted octanol–water partition coefficient (Wildman–Crippen LogP) is 2.64. The number of aromatic nitrogens is 2. The van der Waals surface area contributed by atoms with Crippen LogP contribution in [-0.2, 0) is 0 Å². The van der Waals surface area contributed by atoms with Crippen molar-refractivity contribution in [3.63, 3.8) is 0 Å². The standard InChI is InChI=1S/C16H13N3O/c17-16(20)14-11-18-19(13-9-5-2-6-10-13)15(14)12-7-3-1-4-8-12/h1-11H,(H2,17,20). The SMILES string of the molecule is NC(=O)c1cnn(-c2ccccc2)c1-c1ccccc1. The third-order valence-electron chi connectivity index (χ3n) is 3.08. The first-order valence-electron chi connectivity index (χ1n) is 6.26. The molecule has 0 fully saturated rings. The van der Waals surface area contributed by atoms with Crippen molar-refractivity contribution in [1.29, 1.82) is 0 Å². The number of carbonyl (C=O) groups excluding carboxylic acids is 1. The number of rotatable bonds is 3. The first kappa shape index (κ1) is 12.2. The second-order valence-corrected chi connectivity index (χ2v) is 4.38. The molecule has 0 unspecified atom stereocenters. The first-order valence-corrected chi connectivity index (χ1v) is 6.26. The summed E-state index contributed by atoms with van der Waals surface area (Å²) in [6, 6.07) is 19.3. The molecule has 4 nitrogen and oxygen atoms in total. The fourth-order valence-electron chi connectivity index (χ4n) is 2.17. The maximum atomic E-state index is 11.6. The van der Waals surface area contributed by atoms with Crippen LogP contribution < -0.4 is 5.73 Å². The van der Waals surface area contributed by atoms with Gasteiger partial charge in [0.1, 0.15) is 0 Å². The fourth-order valence-corrected chi connectivity index (χ4v) is 2.17. The molecular weight excluding hydrogens is 250 g/mol. The average molecular weight is 263 g/mol. The molecule has 0 aliphatic rings. The van der Waals surface area contributed by atoms with Gasteiger partial charge in [-0.15, -0.1) is 0 Å². The average Bonchev–Trinajstić information content (AvgIpc) is 2.94. The van der Waals surface area contributed by atoms with E-state index < -0.39 is 5.91 Å². The molecule has 98 valence electrons. The van der Waals surface area contributed by atoms with Crippen molar-refractivity contribution < 1.29 is 4.79 Å². The van der Waals surface area contributed by atoms with Crippen LogP contribution in [0.5, 0.6) is 0 Å². The highest BCUT2D eigenvalue weighted by atomic mass is 16.1. The van der Waals surface area contributed by atoms with Gasteiger partial charge >= 0.3 is 0 Å². The summed E-state index contributed by atoms with van der Waals surface area (Å²) in [5.41, 5.74) is 8.37. The molecule has 0 saturated heterocycles. The molecule has 2 aromatic carbocycles. The van der Waals surface area contributed by atoms with Crippen LogP contribution in [-0.4, -0.2) is 15.7 Å². The zero-order valence-corrected chi connectivity index (χ0v) is 10.7. The van der Waals surface area contributed by atoms with Crippen molar-refractivity contribution in [3.8, 4) is 16.9 Å². The van der Waals surface area contributed by atoms with Crippen LogP contribution >= 0.6 is 0 Å². The second-order valence-electron chi connectivity index (χ2n) is 4.38. The maximum Gasteiger partial charge on any atom is 0.252 e. The van der Waals surface area contributed by atoms with Crippen LogP contribution in [0.2, 0.25) is 0 Å². The van der Waals surface area contributed by atoms with Crippen LogP contribution in [0, 0.1) is 0 Å². The number of hydrogen-bond acceptors (Lipinski definition) is 2. The molecule has 20 heavy (non-hydrogen) atoms. The second kappa shape index (κ2) is 5.01. The van der Waals surface area contributed by atoms with E-state index in [9.17, 15) is 4.79 Å². The lowest BCUT2D eigenvalue weighted by Gasteiger charge is -2.08. The Bertz CT molecular complexity index is 733. The Kier molecular flexibility index (Phi) is 3.05. The fraction of sp³-hybridized carbons (Fsp3) is 0. The van der Waals surface area contributed by atoms with Crippen molar-refractivity contribution in [2.45, 2.75) is 0 Å². The summed E-state index contributed by atoms with van der Waals surface area (Å²) in [7, 11) is 0. The van der Waals surface area contributed by atoms with Crippen molar-refractivity contribution in [2.24, 2.45) is 5.73 Å². The smallest absolute Gasteiger partial charge is 0.252 e. The van der Waals surface area contributed by atoms with Gasteiger partial charge in [-0.1, -0.05) is 48.5 Å². The Morgan fingerprint density at radius 2 is 1.55 bits per heavy atom. The van der Waals surface area contributed by atoms with Crippen LogP contribution in [0.25, 0.3) is 16.9 Å². The molecule has 1 heterocycles. The number of nitrogens with two attached hydrogens (primary N) is 1. The number of nitrogens with zero attached hydrogens (tertiary/aromatic N) is 2. The summed E-state index contributed by atoms with van der Waals surface area (Å²) in [6.07, 6.45) is 1.51. The molecule has 0 spiro atoms. The van der Waals surface area contributed by atoms with Gasteiger partial charge in [-0.3, -0.25) is 4.79 Å². The lowest BCUT2D eigenvalue weighted by molar-refractivity contribution is 0.100. The van der Waals surface area contributed by atoms with Gasteiger partial charge in [-0.2, -0.15) is 5.10 Å². The Hall–Kier alpha value is -2.88. The number of primary amides is 1. The van der Waals surface area contributed by atoms with Crippen molar-refractivity contribution in [3.05, 3.63) is 72.4 Å². The van der Waals surface area contributed by atoms with Crippen LogP contribution in [0.3, 0.4) is 0 Å². The van der Waals surface area contributed by atoms with Crippen LogP contribution in [0.4, 0.5) is 0 Å². The zero-order chi connectivity index (χ0) is 13.9. The minimum Gasteiger partial charge on any atom is -0.365 e. The van der Waals surface area contributed by atoms with Crippen LogP contribution in [0.15, 0.2) is 66.9 Å². The molecule has 2 N–H and O–H groups in total. The number of carbonyl (C=O) groups is 1. The molecule has 0 atom stereocenters. The lowest BCUT2D eigenvalue weighted by Crippen LogP contribution is -2.12. The molecule has 3 aromatic rings. The van der Waals surface area contributed by atoms with Gasteiger partial charge in [0.15, 0.2) is 0 Å². The summed E-state index contributed by atoms with van der Waals surface area (Å²) in [6.45, 7) is 0. The zero-order valence-electron chi connectivity index (χ0n) is 10.7. The third-order valence-corrected chi connectivity index (χ3v) is 3.08. The summed E-state index contributed by atoms with van der Waals surface area (Å²) in [5.74, 6) is -0.481. The van der Waals surface area contributed by atoms with E-state index >= 15 is 0 Å². The molecular formula is C16H13N3O. The minimum absolute atomic E-state index is 0.417. The van der Waals surface area contributed by atoms with Gasteiger partial charge in [-0.25, -0.2) is 4.68 Å². The molecule has 3 rings (SSSR count). The Morgan fingerprint density at radius 1 is 0.950 bits per heavy atom. The molecule has 0 aliphatic carbocycles. The Labute approximate surface area is 116 Å². The van der Waals surface area contributed by atoms with Gasteiger partial charge in [-0.05, 0) is 12.1 Å². The van der Waals surface area contributed by atoms with Crippen molar-refractivity contribution in [2.75, 3.05) is 0 Å². The van der Waals surface area contributed by atoms with E-state index in [1.807, 2.05) is 60.7 Å². The topological polar surface area (TPSA) is 60.9 Å². The van der Waals surface area contributed by atoms with E-state index in [0.29, 0.717) is 11.3 Å². The largest absolute Gasteiger partial charge is 0.365 e. The number of benzene rings is 2. The maximum absolute atomic E-state index is 11.6. The van der Waals surface area contributed by atoms with E-state index in [1.165, 1.54) is 6.20 Å². The molecule has 0 saturated carbocycles. The Morgan fingerprint density at radius 3 is 2.15 bits per heavy atom. The molecule has 1 aromatic heterocycles. The third kappa shape index (κ3) is 2.07. The van der Waals surface area contributed by atoms with Crippen molar-refractivity contribution in [1.82, 2.24) is 9.78 Å². The number of amides is 1. The highest BCUT2D eigenvalue weighted by molar-refractivity contribution is 5.99. The molecule has 1 amide bonds. The molecule has 0 radical (unpaired) electrons. The van der Waals surface area contributed by atoms with E-state index in [2.05, 4.69) is 5.10 Å². The van der Waals surface area contributed by atoms with Gasteiger partial charge in [0.2, 0.25) is 0 Å². The summed E-state index contributed by atoms with van der Waals surface area (Å²) in [4.78, 5) is 11.6. The van der Waals surface area contributed by atoms with E-state index in [1.54, 1.807) is 4.68 Å². The summed E-state index contributed by atoms with van der Waals surface area (Å²) < 4.78 is 1.73. The van der Waals surface area contributed by atoms with Gasteiger partial charge < -0.3 is 5.73 Å². The van der Waals surface area contributed by atoms with Crippen LogP contribution in [0.1, 0.15) is 10.4 Å². The molecule has 0 aliphatic heterocycles. The highest BCUT2D eigenvalue weighted by Gasteiger charge is 2.17. The first-order chi connectivity index (χ1) is 9.77. The van der Waals surface area contributed by atoms with Gasteiger partial charge in [0, 0.05) is 5.56 Å². The normalized spacial score (nSPS) is 10.4. The molecule has 4 heteroatoms. The van der Waals surface area contributed by atoms with Gasteiger partial charge in [0.05, 0.1) is 23.1 Å². The lowest BCUT2D eigenvalue weighted by atomic mass is 10.1.